The van der Waals surface area contributed by atoms with Crippen LogP contribution in [0.3, 0.4) is 0 Å². The van der Waals surface area contributed by atoms with Crippen LogP contribution in [0.2, 0.25) is 0 Å². The van der Waals surface area contributed by atoms with Gasteiger partial charge < -0.3 is 9.74 Å². The molecule has 4 nitrogen and oxygen atoms in total. The molecule has 0 unspecified atom stereocenters. The van der Waals surface area contributed by atoms with Gasteiger partial charge in [0.1, 0.15) is 5.82 Å². The van der Waals surface area contributed by atoms with Gasteiger partial charge in [-0.05, 0) is 36.5 Å². The van der Waals surface area contributed by atoms with E-state index in [1.807, 2.05) is 4.90 Å². The minimum Gasteiger partial charge on any atom is -0.382 e. The molecule has 2 aliphatic heterocycles. The summed E-state index contributed by atoms with van der Waals surface area (Å²) < 4.78 is 12.9. The lowest BCUT2D eigenvalue weighted by Crippen LogP contribution is -2.44. The Morgan fingerprint density at radius 2 is 2.18 bits per heavy atom. The van der Waals surface area contributed by atoms with Crippen molar-refractivity contribution in [3.05, 3.63) is 35.6 Å². The maximum Gasteiger partial charge on any atom is 0.266 e. The van der Waals surface area contributed by atoms with E-state index < -0.39 is 6.10 Å². The number of nitrogens with zero attached hydrogens (tertiary/aromatic N) is 2. The quantitative estimate of drug-likeness (QED) is 0.861. The molecule has 0 aliphatic carbocycles. The fraction of sp³-hybridized carbons (Fsp3) is 0.529. The fourth-order valence-electron chi connectivity index (χ4n) is 3.09. The van der Waals surface area contributed by atoms with Gasteiger partial charge in [0.05, 0.1) is 5.71 Å². The summed E-state index contributed by atoms with van der Waals surface area (Å²) in [5.41, 5.74) is 1.82. The van der Waals surface area contributed by atoms with E-state index in [2.05, 4.69) is 12.1 Å². The molecule has 1 fully saturated rings. The number of carbonyl (C=O) groups is 1. The Labute approximate surface area is 129 Å². The number of hydrogen-bond acceptors (Lipinski definition) is 3. The van der Waals surface area contributed by atoms with Crippen molar-refractivity contribution in [1.82, 2.24) is 4.90 Å². The van der Waals surface area contributed by atoms with Crippen LogP contribution in [-0.2, 0) is 16.1 Å². The molecule has 3 rings (SSSR count). The van der Waals surface area contributed by atoms with Crippen molar-refractivity contribution in [3.8, 4) is 0 Å². The predicted molar refractivity (Wildman–Crippen MR) is 82.0 cm³/mol. The van der Waals surface area contributed by atoms with Crippen LogP contribution >= 0.6 is 0 Å². The monoisotopic (exact) mass is 304 g/mol. The number of benzene rings is 1. The zero-order chi connectivity index (χ0) is 15.5. The van der Waals surface area contributed by atoms with E-state index in [0.717, 1.165) is 30.8 Å². The Balaban J connectivity index is 1.54. The van der Waals surface area contributed by atoms with E-state index in [-0.39, 0.29) is 11.7 Å². The summed E-state index contributed by atoms with van der Waals surface area (Å²) in [4.78, 5) is 19.7. The SMILES string of the molecule is C[C@@H]1CCCN(C(=O)[C@H]2CC(Cc3ccc(F)cc3)=NO2)C1. The third kappa shape index (κ3) is 3.46. The molecular weight excluding hydrogens is 283 g/mol. The molecule has 0 saturated carbocycles. The van der Waals surface area contributed by atoms with Crippen LogP contribution in [0, 0.1) is 11.7 Å². The molecule has 0 N–H and O–H groups in total. The highest BCUT2D eigenvalue weighted by Gasteiger charge is 2.33. The number of amides is 1. The lowest BCUT2D eigenvalue weighted by atomic mass is 9.99. The summed E-state index contributed by atoms with van der Waals surface area (Å²) >= 11 is 0. The Bertz CT molecular complexity index is 571. The first-order valence-corrected chi connectivity index (χ1v) is 7.86. The normalized spacial score (nSPS) is 24.8. The molecular formula is C17H21FN2O2. The number of hydrogen-bond donors (Lipinski definition) is 0. The summed E-state index contributed by atoms with van der Waals surface area (Å²) in [6.45, 7) is 3.80. The average Bonchev–Trinajstić information content (AvgIpc) is 2.97. The molecule has 0 bridgehead atoms. The van der Waals surface area contributed by atoms with Crippen LogP contribution in [-0.4, -0.2) is 35.7 Å². The van der Waals surface area contributed by atoms with Crippen molar-refractivity contribution in [3.63, 3.8) is 0 Å². The Hall–Kier alpha value is -1.91. The summed E-state index contributed by atoms with van der Waals surface area (Å²) in [6.07, 6.45) is 2.88. The van der Waals surface area contributed by atoms with Crippen LogP contribution in [0.1, 0.15) is 31.7 Å². The van der Waals surface area contributed by atoms with Gasteiger partial charge >= 0.3 is 0 Å². The highest BCUT2D eigenvalue weighted by Crippen LogP contribution is 2.21. The molecule has 5 heteroatoms. The van der Waals surface area contributed by atoms with E-state index in [0.29, 0.717) is 18.8 Å². The van der Waals surface area contributed by atoms with Crippen LogP contribution in [0.4, 0.5) is 4.39 Å². The van der Waals surface area contributed by atoms with E-state index in [4.69, 9.17) is 4.84 Å². The van der Waals surface area contributed by atoms with Gasteiger partial charge in [-0.1, -0.05) is 24.2 Å². The lowest BCUT2D eigenvalue weighted by molar-refractivity contribution is -0.143. The molecule has 1 amide bonds. The second kappa shape index (κ2) is 6.46. The minimum atomic E-state index is -0.485. The maximum absolute atomic E-state index is 12.9. The molecule has 22 heavy (non-hydrogen) atoms. The van der Waals surface area contributed by atoms with E-state index >= 15 is 0 Å². The number of halogens is 1. The van der Waals surface area contributed by atoms with Gasteiger partial charge in [0.25, 0.3) is 5.91 Å². The Kier molecular flexibility index (Phi) is 4.41. The first-order valence-electron chi connectivity index (χ1n) is 7.86. The van der Waals surface area contributed by atoms with E-state index in [1.54, 1.807) is 12.1 Å². The molecule has 118 valence electrons. The third-order valence-corrected chi connectivity index (χ3v) is 4.30. The summed E-state index contributed by atoms with van der Waals surface area (Å²) in [5, 5.41) is 4.05. The Morgan fingerprint density at radius 1 is 1.41 bits per heavy atom. The number of piperidine rings is 1. The van der Waals surface area contributed by atoms with E-state index in [1.165, 1.54) is 18.6 Å². The average molecular weight is 304 g/mol. The van der Waals surface area contributed by atoms with Gasteiger partial charge in [0.15, 0.2) is 0 Å². The second-order valence-corrected chi connectivity index (χ2v) is 6.29. The van der Waals surface area contributed by atoms with Crippen LogP contribution in [0.5, 0.6) is 0 Å². The third-order valence-electron chi connectivity index (χ3n) is 4.30. The summed E-state index contributed by atoms with van der Waals surface area (Å²) in [6, 6.07) is 6.34. The van der Waals surface area contributed by atoms with Crippen molar-refractivity contribution >= 4 is 11.6 Å². The largest absolute Gasteiger partial charge is 0.382 e. The van der Waals surface area contributed by atoms with Crippen molar-refractivity contribution in [2.75, 3.05) is 13.1 Å². The smallest absolute Gasteiger partial charge is 0.266 e. The number of oxime groups is 1. The zero-order valence-corrected chi connectivity index (χ0v) is 12.8. The van der Waals surface area contributed by atoms with Crippen LogP contribution < -0.4 is 0 Å². The van der Waals surface area contributed by atoms with Gasteiger partial charge in [-0.25, -0.2) is 4.39 Å². The highest BCUT2D eigenvalue weighted by atomic mass is 19.1. The summed E-state index contributed by atoms with van der Waals surface area (Å²) in [5.74, 6) is 0.351. The molecule has 2 heterocycles. The van der Waals surface area contributed by atoms with Gasteiger partial charge in [-0.15, -0.1) is 0 Å². The first-order chi connectivity index (χ1) is 10.6. The maximum atomic E-state index is 12.9. The summed E-state index contributed by atoms with van der Waals surface area (Å²) in [7, 11) is 0. The molecule has 1 aromatic rings. The molecule has 1 saturated heterocycles. The van der Waals surface area contributed by atoms with Crippen LogP contribution in [0.15, 0.2) is 29.4 Å². The highest BCUT2D eigenvalue weighted by molar-refractivity contribution is 5.94. The molecule has 0 aromatic heterocycles. The topological polar surface area (TPSA) is 41.9 Å². The fourth-order valence-corrected chi connectivity index (χ4v) is 3.09. The van der Waals surface area contributed by atoms with Gasteiger partial charge in [-0.3, -0.25) is 4.79 Å². The number of likely N-dealkylation sites (tertiary alicyclic amines) is 1. The number of rotatable bonds is 3. The molecule has 1 aromatic carbocycles. The van der Waals surface area contributed by atoms with Crippen molar-refractivity contribution in [1.29, 1.82) is 0 Å². The zero-order valence-electron chi connectivity index (χ0n) is 12.8. The first kappa shape index (κ1) is 15.0. The van der Waals surface area contributed by atoms with Gasteiger partial charge in [-0.2, -0.15) is 0 Å². The van der Waals surface area contributed by atoms with Crippen molar-refractivity contribution < 1.29 is 14.0 Å². The molecule has 0 radical (unpaired) electrons. The van der Waals surface area contributed by atoms with E-state index in [9.17, 15) is 9.18 Å². The molecule has 0 spiro atoms. The van der Waals surface area contributed by atoms with Gasteiger partial charge in [0, 0.05) is 25.9 Å². The van der Waals surface area contributed by atoms with Crippen LogP contribution in [0.25, 0.3) is 0 Å². The molecule has 2 aliphatic rings. The number of carbonyl (C=O) groups excluding carboxylic acids is 1. The molecule has 2 atom stereocenters. The Morgan fingerprint density at radius 3 is 2.91 bits per heavy atom. The predicted octanol–water partition coefficient (Wildman–Crippen LogP) is 2.77. The standard InChI is InChI=1S/C17H21FN2O2/c1-12-3-2-8-20(11-12)17(21)16-10-15(19-22-16)9-13-4-6-14(18)7-5-13/h4-7,12,16H,2-3,8-11H2,1H3/t12-,16-/m1/s1. The van der Waals surface area contributed by atoms with Crippen molar-refractivity contribution in [2.45, 2.75) is 38.7 Å². The van der Waals surface area contributed by atoms with Gasteiger partial charge in [0.2, 0.25) is 6.10 Å². The lowest BCUT2D eigenvalue weighted by Gasteiger charge is -2.32. The van der Waals surface area contributed by atoms with Crippen molar-refractivity contribution in [2.24, 2.45) is 11.1 Å². The minimum absolute atomic E-state index is 0.0457. The second-order valence-electron chi connectivity index (χ2n) is 6.29.